The van der Waals surface area contributed by atoms with Gasteiger partial charge in [0.25, 0.3) is 0 Å². The summed E-state index contributed by atoms with van der Waals surface area (Å²) in [6.07, 6.45) is 4.54. The summed E-state index contributed by atoms with van der Waals surface area (Å²) in [4.78, 5) is 12.0. The number of carbonyl (C=O) groups is 1. The SMILES string of the molecule is C[C@@H]1CCCC[C@H]1NC(=O)Cc1c(F)cccc1Cl. The normalized spacial score (nSPS) is 23.1. The molecule has 1 N–H and O–H groups in total. The van der Waals surface area contributed by atoms with Crippen LogP contribution in [0.4, 0.5) is 4.39 Å². The van der Waals surface area contributed by atoms with E-state index in [9.17, 15) is 9.18 Å². The molecule has 0 spiro atoms. The number of halogens is 2. The van der Waals surface area contributed by atoms with E-state index in [-0.39, 0.29) is 23.9 Å². The number of hydrogen-bond acceptors (Lipinski definition) is 1. The van der Waals surface area contributed by atoms with Gasteiger partial charge in [-0.25, -0.2) is 4.39 Å². The number of carbonyl (C=O) groups excluding carboxylic acids is 1. The number of nitrogens with one attached hydrogen (secondary N) is 1. The second-order valence-corrected chi connectivity index (χ2v) is 5.72. The van der Waals surface area contributed by atoms with Crippen LogP contribution in [0.5, 0.6) is 0 Å². The van der Waals surface area contributed by atoms with Crippen molar-refractivity contribution in [2.45, 2.75) is 45.1 Å². The van der Waals surface area contributed by atoms with Crippen LogP contribution in [0.3, 0.4) is 0 Å². The Kier molecular flexibility index (Phi) is 4.81. The van der Waals surface area contributed by atoms with E-state index in [0.717, 1.165) is 19.3 Å². The average Bonchev–Trinajstić information content (AvgIpc) is 2.37. The number of hydrogen-bond donors (Lipinski definition) is 1. The van der Waals surface area contributed by atoms with Crippen LogP contribution in [-0.4, -0.2) is 11.9 Å². The first kappa shape index (κ1) is 14.3. The van der Waals surface area contributed by atoms with Gasteiger partial charge in [-0.15, -0.1) is 0 Å². The molecule has 0 aromatic heterocycles. The highest BCUT2D eigenvalue weighted by Crippen LogP contribution is 2.24. The zero-order chi connectivity index (χ0) is 13.8. The van der Waals surface area contributed by atoms with E-state index >= 15 is 0 Å². The van der Waals surface area contributed by atoms with Crippen molar-refractivity contribution in [3.05, 3.63) is 34.6 Å². The van der Waals surface area contributed by atoms with Crippen molar-refractivity contribution in [2.24, 2.45) is 5.92 Å². The minimum absolute atomic E-state index is 0.00866. The largest absolute Gasteiger partial charge is 0.353 e. The summed E-state index contributed by atoms with van der Waals surface area (Å²) in [5, 5.41) is 3.32. The molecule has 1 aromatic carbocycles. The highest BCUT2D eigenvalue weighted by atomic mass is 35.5. The van der Waals surface area contributed by atoms with Gasteiger partial charge in [0.1, 0.15) is 5.82 Å². The highest BCUT2D eigenvalue weighted by molar-refractivity contribution is 6.31. The quantitative estimate of drug-likeness (QED) is 0.900. The Morgan fingerprint density at radius 2 is 2.16 bits per heavy atom. The Morgan fingerprint density at radius 3 is 2.84 bits per heavy atom. The van der Waals surface area contributed by atoms with Crippen molar-refractivity contribution in [3.8, 4) is 0 Å². The van der Waals surface area contributed by atoms with Crippen LogP contribution >= 0.6 is 11.6 Å². The molecule has 1 aliphatic carbocycles. The van der Waals surface area contributed by atoms with Gasteiger partial charge in [-0.05, 0) is 30.9 Å². The van der Waals surface area contributed by atoms with Crippen molar-refractivity contribution in [3.63, 3.8) is 0 Å². The van der Waals surface area contributed by atoms with Crippen molar-refractivity contribution in [2.75, 3.05) is 0 Å². The molecule has 0 aliphatic heterocycles. The first-order valence-electron chi connectivity index (χ1n) is 6.80. The van der Waals surface area contributed by atoms with Crippen LogP contribution < -0.4 is 5.32 Å². The summed E-state index contributed by atoms with van der Waals surface area (Å²) >= 11 is 5.93. The molecule has 1 aromatic rings. The van der Waals surface area contributed by atoms with Gasteiger partial charge in [0.2, 0.25) is 5.91 Å². The van der Waals surface area contributed by atoms with Crippen molar-refractivity contribution < 1.29 is 9.18 Å². The van der Waals surface area contributed by atoms with E-state index in [1.54, 1.807) is 12.1 Å². The molecule has 2 rings (SSSR count). The summed E-state index contributed by atoms with van der Waals surface area (Å²) < 4.78 is 13.6. The Hall–Kier alpha value is -1.09. The predicted molar refractivity (Wildman–Crippen MR) is 74.7 cm³/mol. The molecule has 0 heterocycles. The smallest absolute Gasteiger partial charge is 0.224 e. The molecule has 4 heteroatoms. The molecule has 0 unspecified atom stereocenters. The van der Waals surface area contributed by atoms with Gasteiger partial charge in [0.05, 0.1) is 6.42 Å². The third-order valence-electron chi connectivity index (χ3n) is 3.86. The van der Waals surface area contributed by atoms with E-state index in [1.807, 2.05) is 0 Å². The molecule has 104 valence electrons. The molecule has 2 atom stereocenters. The first-order valence-corrected chi connectivity index (χ1v) is 7.18. The molecule has 2 nitrogen and oxygen atoms in total. The molecule has 1 fully saturated rings. The van der Waals surface area contributed by atoms with Gasteiger partial charge in [-0.1, -0.05) is 37.4 Å². The van der Waals surface area contributed by atoms with Crippen LogP contribution in [0.1, 0.15) is 38.2 Å². The Balaban J connectivity index is 1.97. The molecule has 1 amide bonds. The molecule has 1 saturated carbocycles. The molecule has 19 heavy (non-hydrogen) atoms. The fraction of sp³-hybridized carbons (Fsp3) is 0.533. The minimum atomic E-state index is -0.417. The fourth-order valence-corrected chi connectivity index (χ4v) is 2.88. The fourth-order valence-electron chi connectivity index (χ4n) is 2.65. The number of amides is 1. The molecule has 1 aliphatic rings. The summed E-state index contributed by atoms with van der Waals surface area (Å²) in [5.41, 5.74) is 0.283. The van der Waals surface area contributed by atoms with Crippen molar-refractivity contribution in [1.82, 2.24) is 5.32 Å². The van der Waals surface area contributed by atoms with Crippen molar-refractivity contribution >= 4 is 17.5 Å². The molecular weight excluding hydrogens is 265 g/mol. The zero-order valence-corrected chi connectivity index (χ0v) is 11.8. The first-order chi connectivity index (χ1) is 9.08. The van der Waals surface area contributed by atoms with Crippen LogP contribution in [0, 0.1) is 11.7 Å². The van der Waals surface area contributed by atoms with E-state index in [4.69, 9.17) is 11.6 Å². The maximum Gasteiger partial charge on any atom is 0.224 e. The molecule has 0 radical (unpaired) electrons. The average molecular weight is 284 g/mol. The zero-order valence-electron chi connectivity index (χ0n) is 11.1. The summed E-state index contributed by atoms with van der Waals surface area (Å²) in [6, 6.07) is 4.70. The standard InChI is InChI=1S/C15H19ClFNO/c1-10-5-2-3-8-14(10)18-15(19)9-11-12(16)6-4-7-13(11)17/h4,6-7,10,14H,2-3,5,8-9H2,1H3,(H,18,19)/t10-,14-/m1/s1. The lowest BCUT2D eigenvalue weighted by Gasteiger charge is -2.29. The summed E-state index contributed by atoms with van der Waals surface area (Å²) in [5.74, 6) is -0.0705. The van der Waals surface area contributed by atoms with Gasteiger partial charge in [0, 0.05) is 16.6 Å². The number of rotatable bonds is 3. The molecule has 0 bridgehead atoms. The van der Waals surface area contributed by atoms with Gasteiger partial charge in [0.15, 0.2) is 0 Å². The lowest BCUT2D eigenvalue weighted by atomic mass is 9.86. The van der Waals surface area contributed by atoms with Crippen LogP contribution in [0.2, 0.25) is 5.02 Å². The predicted octanol–water partition coefficient (Wildman–Crippen LogP) is 3.72. The van der Waals surface area contributed by atoms with E-state index < -0.39 is 5.82 Å². The Labute approximate surface area is 118 Å². The minimum Gasteiger partial charge on any atom is -0.353 e. The van der Waals surface area contributed by atoms with E-state index in [1.165, 1.54) is 12.5 Å². The maximum absolute atomic E-state index is 13.6. The summed E-state index contributed by atoms with van der Waals surface area (Å²) in [6.45, 7) is 2.15. The lowest BCUT2D eigenvalue weighted by Crippen LogP contribution is -2.41. The molecular formula is C15H19ClFNO. The van der Waals surface area contributed by atoms with Crippen LogP contribution in [-0.2, 0) is 11.2 Å². The maximum atomic E-state index is 13.6. The van der Waals surface area contributed by atoms with Gasteiger partial charge in [-0.2, -0.15) is 0 Å². The van der Waals surface area contributed by atoms with Gasteiger partial charge < -0.3 is 5.32 Å². The second-order valence-electron chi connectivity index (χ2n) is 5.31. The third kappa shape index (κ3) is 3.69. The topological polar surface area (TPSA) is 29.1 Å². The Morgan fingerprint density at radius 1 is 1.42 bits per heavy atom. The lowest BCUT2D eigenvalue weighted by molar-refractivity contribution is -0.121. The number of benzene rings is 1. The van der Waals surface area contributed by atoms with E-state index in [2.05, 4.69) is 12.2 Å². The third-order valence-corrected chi connectivity index (χ3v) is 4.21. The van der Waals surface area contributed by atoms with Crippen LogP contribution in [0.25, 0.3) is 0 Å². The van der Waals surface area contributed by atoms with Gasteiger partial charge >= 0.3 is 0 Å². The second kappa shape index (κ2) is 6.38. The van der Waals surface area contributed by atoms with Gasteiger partial charge in [-0.3, -0.25) is 4.79 Å². The van der Waals surface area contributed by atoms with Crippen LogP contribution in [0.15, 0.2) is 18.2 Å². The summed E-state index contributed by atoms with van der Waals surface area (Å²) in [7, 11) is 0. The highest BCUT2D eigenvalue weighted by Gasteiger charge is 2.23. The molecule has 0 saturated heterocycles. The van der Waals surface area contributed by atoms with E-state index in [0.29, 0.717) is 10.9 Å². The Bertz CT molecular complexity index is 443. The van der Waals surface area contributed by atoms with Crippen molar-refractivity contribution in [1.29, 1.82) is 0 Å². The monoisotopic (exact) mass is 283 g/mol.